The average molecular weight is 341 g/mol. The zero-order valence-electron chi connectivity index (χ0n) is 15.0. The Balaban J connectivity index is 1.46. The molecule has 2 aromatic rings. The van der Waals surface area contributed by atoms with E-state index in [9.17, 15) is 4.79 Å². The smallest absolute Gasteiger partial charge is 0.222 e. The van der Waals surface area contributed by atoms with Crippen molar-refractivity contribution in [3.63, 3.8) is 0 Å². The molecule has 2 aromatic heterocycles. The number of carbonyl (C=O) groups excluding carboxylic acids is 1. The van der Waals surface area contributed by atoms with Crippen LogP contribution in [0, 0.1) is 0 Å². The van der Waals surface area contributed by atoms with E-state index in [1.807, 2.05) is 27.9 Å². The summed E-state index contributed by atoms with van der Waals surface area (Å²) < 4.78 is 1.96. The van der Waals surface area contributed by atoms with E-state index in [4.69, 9.17) is 0 Å². The SMILES string of the molecule is CCn1cc(CN2CCCN(C(=O)CCc3ccncc3)CC2)cn1. The second-order valence-electron chi connectivity index (χ2n) is 6.57. The molecule has 0 unspecified atom stereocenters. The maximum absolute atomic E-state index is 12.5. The average Bonchev–Trinajstić information content (AvgIpc) is 2.97. The van der Waals surface area contributed by atoms with E-state index >= 15 is 0 Å². The van der Waals surface area contributed by atoms with Gasteiger partial charge in [-0.05, 0) is 37.5 Å². The Morgan fingerprint density at radius 3 is 2.72 bits per heavy atom. The van der Waals surface area contributed by atoms with Crippen LogP contribution in [-0.2, 0) is 24.3 Å². The summed E-state index contributed by atoms with van der Waals surface area (Å²) in [6.07, 6.45) is 10.0. The van der Waals surface area contributed by atoms with Gasteiger partial charge in [0, 0.05) is 69.8 Å². The third kappa shape index (κ3) is 5.13. The molecular formula is C19H27N5O. The molecule has 0 aliphatic carbocycles. The van der Waals surface area contributed by atoms with Crippen molar-refractivity contribution in [3.8, 4) is 0 Å². The Labute approximate surface area is 149 Å². The molecule has 0 radical (unpaired) electrons. The van der Waals surface area contributed by atoms with E-state index in [1.165, 1.54) is 11.1 Å². The Bertz CT molecular complexity index is 669. The molecule has 0 saturated carbocycles. The number of amides is 1. The van der Waals surface area contributed by atoms with Gasteiger partial charge in [-0.15, -0.1) is 0 Å². The van der Waals surface area contributed by atoms with Crippen molar-refractivity contribution in [2.75, 3.05) is 26.2 Å². The third-order valence-corrected chi connectivity index (χ3v) is 4.74. The minimum atomic E-state index is 0.262. The van der Waals surface area contributed by atoms with Gasteiger partial charge in [-0.25, -0.2) is 0 Å². The first kappa shape index (κ1) is 17.6. The molecule has 0 atom stereocenters. The van der Waals surface area contributed by atoms with E-state index in [2.05, 4.69) is 28.1 Å². The van der Waals surface area contributed by atoms with Gasteiger partial charge in [0.2, 0.25) is 5.91 Å². The maximum Gasteiger partial charge on any atom is 0.222 e. The lowest BCUT2D eigenvalue weighted by atomic mass is 10.1. The molecule has 1 fully saturated rings. The largest absolute Gasteiger partial charge is 0.341 e. The van der Waals surface area contributed by atoms with Gasteiger partial charge in [-0.3, -0.25) is 19.4 Å². The number of nitrogens with zero attached hydrogens (tertiary/aromatic N) is 5. The summed E-state index contributed by atoms with van der Waals surface area (Å²) in [6, 6.07) is 3.96. The van der Waals surface area contributed by atoms with Crippen molar-refractivity contribution in [3.05, 3.63) is 48.0 Å². The van der Waals surface area contributed by atoms with Gasteiger partial charge in [0.1, 0.15) is 0 Å². The normalized spacial score (nSPS) is 16.0. The number of hydrogen-bond donors (Lipinski definition) is 0. The number of rotatable bonds is 6. The first-order valence-electron chi connectivity index (χ1n) is 9.15. The summed E-state index contributed by atoms with van der Waals surface area (Å²) in [5, 5.41) is 4.34. The number of carbonyl (C=O) groups is 1. The number of hydrogen-bond acceptors (Lipinski definition) is 4. The van der Waals surface area contributed by atoms with Gasteiger partial charge >= 0.3 is 0 Å². The first-order valence-corrected chi connectivity index (χ1v) is 9.15. The highest BCUT2D eigenvalue weighted by molar-refractivity contribution is 5.76. The van der Waals surface area contributed by atoms with Crippen LogP contribution in [0.3, 0.4) is 0 Å². The standard InChI is InChI=1S/C19H27N5O/c1-2-24-16-18(14-21-24)15-22-10-3-11-23(13-12-22)19(25)5-4-17-6-8-20-9-7-17/h6-9,14,16H,2-5,10-13,15H2,1H3. The van der Waals surface area contributed by atoms with Crippen molar-refractivity contribution in [1.29, 1.82) is 0 Å². The van der Waals surface area contributed by atoms with Crippen LogP contribution in [0.4, 0.5) is 0 Å². The molecule has 1 saturated heterocycles. The molecule has 1 amide bonds. The van der Waals surface area contributed by atoms with Crippen LogP contribution < -0.4 is 0 Å². The Kier molecular flexibility index (Phi) is 6.17. The summed E-state index contributed by atoms with van der Waals surface area (Å²) in [6.45, 7) is 7.55. The fourth-order valence-electron chi connectivity index (χ4n) is 3.26. The topological polar surface area (TPSA) is 54.3 Å². The highest BCUT2D eigenvalue weighted by Gasteiger charge is 2.19. The lowest BCUT2D eigenvalue weighted by Crippen LogP contribution is -2.35. The van der Waals surface area contributed by atoms with Crippen molar-refractivity contribution in [2.45, 2.75) is 39.3 Å². The highest BCUT2D eigenvalue weighted by Crippen LogP contribution is 2.11. The zero-order valence-corrected chi connectivity index (χ0v) is 15.0. The van der Waals surface area contributed by atoms with E-state index in [0.717, 1.165) is 52.1 Å². The van der Waals surface area contributed by atoms with Crippen LogP contribution in [-0.4, -0.2) is 56.7 Å². The molecule has 0 bridgehead atoms. The monoisotopic (exact) mass is 341 g/mol. The van der Waals surface area contributed by atoms with Crippen molar-refractivity contribution in [2.24, 2.45) is 0 Å². The molecule has 6 heteroatoms. The summed E-state index contributed by atoms with van der Waals surface area (Å²) in [5.41, 5.74) is 2.42. The van der Waals surface area contributed by atoms with Crippen LogP contribution in [0.15, 0.2) is 36.9 Å². The second kappa shape index (κ2) is 8.76. The summed E-state index contributed by atoms with van der Waals surface area (Å²) >= 11 is 0. The van der Waals surface area contributed by atoms with E-state index < -0.39 is 0 Å². The van der Waals surface area contributed by atoms with Crippen LogP contribution in [0.2, 0.25) is 0 Å². The molecule has 0 N–H and O–H groups in total. The van der Waals surface area contributed by atoms with Gasteiger partial charge in [-0.1, -0.05) is 0 Å². The maximum atomic E-state index is 12.5. The summed E-state index contributed by atoms with van der Waals surface area (Å²) in [7, 11) is 0. The molecule has 3 rings (SSSR count). The van der Waals surface area contributed by atoms with Gasteiger partial charge < -0.3 is 4.90 Å². The van der Waals surface area contributed by atoms with E-state index in [1.54, 1.807) is 12.4 Å². The minimum Gasteiger partial charge on any atom is -0.341 e. The quantitative estimate of drug-likeness (QED) is 0.806. The zero-order chi connectivity index (χ0) is 17.5. The fraction of sp³-hybridized carbons (Fsp3) is 0.526. The molecule has 6 nitrogen and oxygen atoms in total. The second-order valence-corrected chi connectivity index (χ2v) is 6.57. The molecular weight excluding hydrogens is 314 g/mol. The fourth-order valence-corrected chi connectivity index (χ4v) is 3.26. The molecule has 1 aliphatic heterocycles. The van der Waals surface area contributed by atoms with Gasteiger partial charge in [-0.2, -0.15) is 5.10 Å². The molecule has 1 aliphatic rings. The predicted octanol–water partition coefficient (Wildman–Crippen LogP) is 1.97. The van der Waals surface area contributed by atoms with Crippen molar-refractivity contribution >= 4 is 5.91 Å². The predicted molar refractivity (Wildman–Crippen MR) is 96.9 cm³/mol. The third-order valence-electron chi connectivity index (χ3n) is 4.74. The molecule has 134 valence electrons. The first-order chi connectivity index (χ1) is 12.2. The van der Waals surface area contributed by atoms with E-state index in [0.29, 0.717) is 6.42 Å². The van der Waals surface area contributed by atoms with Crippen molar-refractivity contribution < 1.29 is 4.79 Å². The summed E-state index contributed by atoms with van der Waals surface area (Å²) in [5.74, 6) is 0.262. The van der Waals surface area contributed by atoms with E-state index in [-0.39, 0.29) is 5.91 Å². The van der Waals surface area contributed by atoms with Crippen LogP contribution in [0.1, 0.15) is 30.9 Å². The lowest BCUT2D eigenvalue weighted by Gasteiger charge is -2.21. The Morgan fingerprint density at radius 1 is 1.12 bits per heavy atom. The lowest BCUT2D eigenvalue weighted by molar-refractivity contribution is -0.131. The van der Waals surface area contributed by atoms with Crippen molar-refractivity contribution in [1.82, 2.24) is 24.6 Å². The highest BCUT2D eigenvalue weighted by atomic mass is 16.2. The molecule has 25 heavy (non-hydrogen) atoms. The van der Waals surface area contributed by atoms with Crippen LogP contribution in [0.25, 0.3) is 0 Å². The molecule has 0 aromatic carbocycles. The van der Waals surface area contributed by atoms with Gasteiger partial charge in [0.05, 0.1) is 6.20 Å². The number of aryl methyl sites for hydroxylation is 2. The van der Waals surface area contributed by atoms with Gasteiger partial charge in [0.15, 0.2) is 0 Å². The van der Waals surface area contributed by atoms with Crippen LogP contribution >= 0.6 is 0 Å². The molecule has 3 heterocycles. The number of pyridine rings is 1. The molecule has 0 spiro atoms. The number of aromatic nitrogens is 3. The summed E-state index contributed by atoms with van der Waals surface area (Å²) in [4.78, 5) is 21.0. The van der Waals surface area contributed by atoms with Gasteiger partial charge in [0.25, 0.3) is 0 Å². The minimum absolute atomic E-state index is 0.262. The Morgan fingerprint density at radius 2 is 1.96 bits per heavy atom. The Hall–Kier alpha value is -2.21. The van der Waals surface area contributed by atoms with Crippen LogP contribution in [0.5, 0.6) is 0 Å².